The number of likely N-dealkylation sites (N-methyl/N-ethyl adjacent to an activating group) is 1. The number of nitrogens with one attached hydrogen (secondary N) is 2. The maximum absolute atomic E-state index is 11.9. The van der Waals surface area contributed by atoms with E-state index in [9.17, 15) is 4.79 Å². The molecule has 6 heteroatoms. The molecule has 0 saturated heterocycles. The predicted octanol–water partition coefficient (Wildman–Crippen LogP) is 1.74. The van der Waals surface area contributed by atoms with Crippen LogP contribution in [0, 0.1) is 6.92 Å². The zero-order valence-corrected chi connectivity index (χ0v) is 14.2. The average Bonchev–Trinajstić information content (AvgIpc) is 2.47. The Labute approximate surface area is 138 Å². The van der Waals surface area contributed by atoms with Gasteiger partial charge >= 0.3 is 0 Å². The molecular formula is C17H27N5O. The van der Waals surface area contributed by atoms with Gasteiger partial charge in [-0.15, -0.1) is 0 Å². The Balaban J connectivity index is 1.81. The van der Waals surface area contributed by atoms with Crippen LogP contribution in [0.25, 0.3) is 0 Å². The SMILES string of the molecule is Cc1ccnc(NC2CCCC(NC(=O)/C=C/CN(C)C)C2)n1. The minimum atomic E-state index is -0.00990. The Kier molecular flexibility index (Phi) is 6.52. The van der Waals surface area contributed by atoms with E-state index in [1.165, 1.54) is 0 Å². The van der Waals surface area contributed by atoms with Crippen molar-refractivity contribution in [1.82, 2.24) is 20.2 Å². The van der Waals surface area contributed by atoms with Gasteiger partial charge in [0, 0.05) is 36.6 Å². The molecule has 2 rings (SSSR count). The minimum absolute atomic E-state index is 0.00990. The van der Waals surface area contributed by atoms with Crippen molar-refractivity contribution in [2.24, 2.45) is 0 Å². The molecule has 1 amide bonds. The van der Waals surface area contributed by atoms with E-state index in [0.717, 1.165) is 37.9 Å². The number of aromatic nitrogens is 2. The molecule has 1 saturated carbocycles. The highest BCUT2D eigenvalue weighted by Gasteiger charge is 2.23. The molecule has 6 nitrogen and oxygen atoms in total. The first kappa shape index (κ1) is 17.4. The van der Waals surface area contributed by atoms with Crippen LogP contribution < -0.4 is 10.6 Å². The lowest BCUT2D eigenvalue weighted by Gasteiger charge is -2.30. The quantitative estimate of drug-likeness (QED) is 0.782. The van der Waals surface area contributed by atoms with E-state index in [-0.39, 0.29) is 11.9 Å². The molecule has 126 valence electrons. The van der Waals surface area contributed by atoms with Gasteiger partial charge < -0.3 is 15.5 Å². The number of aryl methyl sites for hydroxylation is 1. The first-order valence-electron chi connectivity index (χ1n) is 8.21. The number of hydrogen-bond donors (Lipinski definition) is 2. The van der Waals surface area contributed by atoms with Crippen LogP contribution in [0.4, 0.5) is 5.95 Å². The third-order valence-electron chi connectivity index (χ3n) is 3.89. The highest BCUT2D eigenvalue weighted by molar-refractivity contribution is 5.87. The summed E-state index contributed by atoms with van der Waals surface area (Å²) >= 11 is 0. The van der Waals surface area contributed by atoms with Crippen LogP contribution in [0.5, 0.6) is 0 Å². The number of nitrogens with zero attached hydrogens (tertiary/aromatic N) is 3. The number of hydrogen-bond acceptors (Lipinski definition) is 5. The first-order valence-corrected chi connectivity index (χ1v) is 8.21. The topological polar surface area (TPSA) is 70.2 Å². The molecular weight excluding hydrogens is 290 g/mol. The molecule has 1 fully saturated rings. The molecule has 2 atom stereocenters. The Morgan fingerprint density at radius 2 is 2.17 bits per heavy atom. The zero-order valence-electron chi connectivity index (χ0n) is 14.2. The van der Waals surface area contributed by atoms with Crippen molar-refractivity contribution in [3.63, 3.8) is 0 Å². The Morgan fingerprint density at radius 3 is 2.91 bits per heavy atom. The monoisotopic (exact) mass is 317 g/mol. The van der Waals surface area contributed by atoms with Gasteiger partial charge in [0.2, 0.25) is 11.9 Å². The lowest BCUT2D eigenvalue weighted by Crippen LogP contribution is -2.41. The van der Waals surface area contributed by atoms with E-state index in [1.807, 2.05) is 38.1 Å². The van der Waals surface area contributed by atoms with Gasteiger partial charge in [-0.1, -0.05) is 6.08 Å². The van der Waals surface area contributed by atoms with Crippen LogP contribution in [0.3, 0.4) is 0 Å². The molecule has 1 heterocycles. The maximum Gasteiger partial charge on any atom is 0.243 e. The van der Waals surface area contributed by atoms with Gasteiger partial charge in [-0.2, -0.15) is 0 Å². The van der Waals surface area contributed by atoms with Gasteiger partial charge in [0.15, 0.2) is 0 Å². The molecule has 1 aliphatic rings. The second-order valence-electron chi connectivity index (χ2n) is 6.40. The van der Waals surface area contributed by atoms with Crippen LogP contribution >= 0.6 is 0 Å². The van der Waals surface area contributed by atoms with E-state index in [1.54, 1.807) is 12.3 Å². The predicted molar refractivity (Wildman–Crippen MR) is 92.3 cm³/mol. The van der Waals surface area contributed by atoms with E-state index >= 15 is 0 Å². The molecule has 1 aromatic heterocycles. The zero-order chi connectivity index (χ0) is 16.7. The van der Waals surface area contributed by atoms with Gasteiger partial charge in [-0.25, -0.2) is 9.97 Å². The van der Waals surface area contributed by atoms with E-state index in [0.29, 0.717) is 12.0 Å². The molecule has 2 unspecified atom stereocenters. The summed E-state index contributed by atoms with van der Waals surface area (Å²) in [6.45, 7) is 2.73. The molecule has 0 aliphatic heterocycles. The fraction of sp³-hybridized carbons (Fsp3) is 0.588. The standard InChI is InChI=1S/C17H27N5O/c1-13-9-10-18-17(19-13)21-15-7-4-6-14(12-15)20-16(23)8-5-11-22(2)3/h5,8-10,14-15H,4,6-7,11-12H2,1-3H3,(H,20,23)(H,18,19,21)/b8-5+. The fourth-order valence-corrected chi connectivity index (χ4v) is 2.77. The van der Waals surface area contributed by atoms with Crippen molar-refractivity contribution in [1.29, 1.82) is 0 Å². The van der Waals surface area contributed by atoms with Gasteiger partial charge in [0.25, 0.3) is 0 Å². The van der Waals surface area contributed by atoms with Crippen molar-refractivity contribution in [3.05, 3.63) is 30.1 Å². The summed E-state index contributed by atoms with van der Waals surface area (Å²) in [4.78, 5) is 22.6. The molecule has 0 radical (unpaired) electrons. The summed E-state index contributed by atoms with van der Waals surface area (Å²) in [6.07, 6.45) is 9.39. The molecule has 23 heavy (non-hydrogen) atoms. The van der Waals surface area contributed by atoms with Crippen molar-refractivity contribution in [3.8, 4) is 0 Å². The second-order valence-corrected chi connectivity index (χ2v) is 6.40. The summed E-state index contributed by atoms with van der Waals surface area (Å²) in [5.74, 6) is 0.664. The molecule has 1 aliphatic carbocycles. The lowest BCUT2D eigenvalue weighted by molar-refractivity contribution is -0.117. The van der Waals surface area contributed by atoms with Crippen LogP contribution in [0.15, 0.2) is 24.4 Å². The number of carbonyl (C=O) groups is 1. The second kappa shape index (κ2) is 8.62. The van der Waals surface area contributed by atoms with Gasteiger partial charge in [-0.05, 0) is 52.8 Å². The van der Waals surface area contributed by atoms with Crippen molar-refractivity contribution < 1.29 is 4.79 Å². The van der Waals surface area contributed by atoms with E-state index in [4.69, 9.17) is 0 Å². The number of rotatable bonds is 6. The van der Waals surface area contributed by atoms with Gasteiger partial charge in [0.1, 0.15) is 0 Å². The van der Waals surface area contributed by atoms with Gasteiger partial charge in [0.05, 0.1) is 0 Å². The highest BCUT2D eigenvalue weighted by Crippen LogP contribution is 2.21. The first-order chi connectivity index (χ1) is 11.0. The van der Waals surface area contributed by atoms with Crippen molar-refractivity contribution in [2.45, 2.75) is 44.7 Å². The summed E-state index contributed by atoms with van der Waals surface area (Å²) in [7, 11) is 3.96. The third-order valence-corrected chi connectivity index (χ3v) is 3.89. The third kappa shape index (κ3) is 6.36. The van der Waals surface area contributed by atoms with Crippen molar-refractivity contribution in [2.75, 3.05) is 26.0 Å². The lowest BCUT2D eigenvalue weighted by atomic mass is 9.91. The Bertz CT molecular complexity index is 544. The molecule has 0 aromatic carbocycles. The smallest absolute Gasteiger partial charge is 0.243 e. The van der Waals surface area contributed by atoms with Crippen LogP contribution in [-0.4, -0.2) is 53.5 Å². The summed E-state index contributed by atoms with van der Waals surface area (Å²) in [5, 5.41) is 6.48. The average molecular weight is 317 g/mol. The van der Waals surface area contributed by atoms with Crippen LogP contribution in [0.2, 0.25) is 0 Å². The summed E-state index contributed by atoms with van der Waals surface area (Å²) in [6, 6.07) is 2.40. The van der Waals surface area contributed by atoms with Crippen LogP contribution in [0.1, 0.15) is 31.4 Å². The maximum atomic E-state index is 11.9. The molecule has 1 aromatic rings. The molecule has 0 spiro atoms. The highest BCUT2D eigenvalue weighted by atomic mass is 16.1. The van der Waals surface area contributed by atoms with E-state index in [2.05, 4.69) is 20.6 Å². The Morgan fingerprint density at radius 1 is 1.39 bits per heavy atom. The number of amides is 1. The minimum Gasteiger partial charge on any atom is -0.351 e. The summed E-state index contributed by atoms with van der Waals surface area (Å²) in [5.41, 5.74) is 0.953. The molecule has 2 N–H and O–H groups in total. The van der Waals surface area contributed by atoms with Crippen LogP contribution in [-0.2, 0) is 4.79 Å². The fourth-order valence-electron chi connectivity index (χ4n) is 2.77. The number of anilines is 1. The van der Waals surface area contributed by atoms with Gasteiger partial charge in [-0.3, -0.25) is 4.79 Å². The largest absolute Gasteiger partial charge is 0.351 e. The normalized spacial score (nSPS) is 21.6. The summed E-state index contributed by atoms with van der Waals surface area (Å²) < 4.78 is 0. The van der Waals surface area contributed by atoms with Crippen molar-refractivity contribution >= 4 is 11.9 Å². The Hall–Kier alpha value is -1.95. The number of carbonyl (C=O) groups excluding carboxylic acids is 1. The molecule has 0 bridgehead atoms. The van der Waals surface area contributed by atoms with E-state index < -0.39 is 0 Å².